The maximum Gasteiger partial charge on any atom is 0.242 e. The van der Waals surface area contributed by atoms with Crippen LogP contribution in [-0.4, -0.2) is 28.3 Å². The van der Waals surface area contributed by atoms with Crippen LogP contribution >= 0.6 is 23.2 Å². The quantitative estimate of drug-likeness (QED) is 0.863. The molecule has 23 heavy (non-hydrogen) atoms. The van der Waals surface area contributed by atoms with E-state index < -0.39 is 6.04 Å². The zero-order valence-electron chi connectivity index (χ0n) is 14.2. The first-order chi connectivity index (χ1) is 10.5. The van der Waals surface area contributed by atoms with Gasteiger partial charge in [-0.25, -0.2) is 0 Å². The monoisotopic (exact) mass is 358 g/mol. The van der Waals surface area contributed by atoms with Gasteiger partial charge in [-0.1, -0.05) is 36.2 Å². The lowest BCUT2D eigenvalue weighted by Crippen LogP contribution is -2.52. The van der Waals surface area contributed by atoms with Crippen LogP contribution in [0.1, 0.15) is 46.6 Å². The molecule has 128 valence electrons. The van der Waals surface area contributed by atoms with Crippen molar-refractivity contribution in [1.82, 2.24) is 10.2 Å². The van der Waals surface area contributed by atoms with E-state index >= 15 is 0 Å². The Balaban J connectivity index is 2.97. The van der Waals surface area contributed by atoms with E-state index in [0.717, 1.165) is 5.56 Å². The van der Waals surface area contributed by atoms with Gasteiger partial charge in [0.05, 0.1) is 10.0 Å². The first-order valence-corrected chi connectivity index (χ1v) is 8.36. The Morgan fingerprint density at radius 3 is 2.30 bits per heavy atom. The summed E-state index contributed by atoms with van der Waals surface area (Å²) in [5.74, 6) is -0.271. The summed E-state index contributed by atoms with van der Waals surface area (Å²) in [6, 6.07) is 4.64. The van der Waals surface area contributed by atoms with Crippen molar-refractivity contribution in [3.63, 3.8) is 0 Å². The summed E-state index contributed by atoms with van der Waals surface area (Å²) in [4.78, 5) is 26.2. The highest BCUT2D eigenvalue weighted by Gasteiger charge is 2.27. The molecular formula is C17H24Cl2N2O2. The second-order valence-electron chi connectivity index (χ2n) is 6.54. The van der Waals surface area contributed by atoms with Crippen molar-refractivity contribution < 1.29 is 9.59 Å². The summed E-state index contributed by atoms with van der Waals surface area (Å²) < 4.78 is 0. The highest BCUT2D eigenvalue weighted by molar-refractivity contribution is 6.42. The zero-order chi connectivity index (χ0) is 17.8. The number of benzene rings is 1. The molecule has 0 heterocycles. The number of hydrogen-bond acceptors (Lipinski definition) is 2. The fourth-order valence-corrected chi connectivity index (χ4v) is 2.42. The van der Waals surface area contributed by atoms with Crippen LogP contribution in [0.25, 0.3) is 0 Å². The molecule has 0 aliphatic carbocycles. The number of amides is 2. The molecule has 1 atom stereocenters. The second kappa shape index (κ2) is 8.02. The molecule has 1 rings (SSSR count). The fourth-order valence-electron chi connectivity index (χ4n) is 2.09. The highest BCUT2D eigenvalue weighted by Crippen LogP contribution is 2.24. The van der Waals surface area contributed by atoms with E-state index in [-0.39, 0.29) is 17.4 Å². The van der Waals surface area contributed by atoms with E-state index in [1.807, 2.05) is 20.8 Å². The van der Waals surface area contributed by atoms with Gasteiger partial charge in [-0.2, -0.15) is 0 Å². The lowest BCUT2D eigenvalue weighted by atomic mass is 10.1. The minimum Gasteiger partial charge on any atom is -0.350 e. The Morgan fingerprint density at radius 1 is 1.22 bits per heavy atom. The third-order valence-corrected chi connectivity index (χ3v) is 4.04. The molecule has 6 heteroatoms. The van der Waals surface area contributed by atoms with Crippen LogP contribution in [0.3, 0.4) is 0 Å². The molecular weight excluding hydrogens is 335 g/mol. The Bertz CT molecular complexity index is 582. The third-order valence-electron chi connectivity index (χ3n) is 3.30. The second-order valence-corrected chi connectivity index (χ2v) is 7.35. The third kappa shape index (κ3) is 6.04. The average molecular weight is 359 g/mol. The van der Waals surface area contributed by atoms with Gasteiger partial charge in [0.2, 0.25) is 11.8 Å². The molecule has 0 spiro atoms. The van der Waals surface area contributed by atoms with Gasteiger partial charge < -0.3 is 10.2 Å². The van der Waals surface area contributed by atoms with Crippen LogP contribution in [0, 0.1) is 0 Å². The van der Waals surface area contributed by atoms with Crippen LogP contribution in [0.2, 0.25) is 10.0 Å². The number of hydrogen-bond donors (Lipinski definition) is 1. The largest absolute Gasteiger partial charge is 0.350 e. The molecule has 1 aromatic rings. The average Bonchev–Trinajstić information content (AvgIpc) is 2.45. The van der Waals surface area contributed by atoms with Gasteiger partial charge in [-0.3, -0.25) is 9.59 Å². The van der Waals surface area contributed by atoms with Gasteiger partial charge in [0.15, 0.2) is 0 Å². The molecule has 0 aliphatic heterocycles. The van der Waals surface area contributed by atoms with Gasteiger partial charge in [-0.05, 0) is 45.4 Å². The first kappa shape index (κ1) is 19.8. The predicted octanol–water partition coefficient (Wildman–Crippen LogP) is 4.04. The molecule has 0 aromatic heterocycles. The lowest BCUT2D eigenvalue weighted by Gasteiger charge is -2.31. The van der Waals surface area contributed by atoms with Crippen LogP contribution in [0.15, 0.2) is 18.2 Å². The minimum atomic E-state index is -0.573. The number of carbonyl (C=O) groups is 2. The number of halogens is 2. The van der Waals surface area contributed by atoms with E-state index in [9.17, 15) is 9.59 Å². The maximum atomic E-state index is 12.4. The molecule has 1 N–H and O–H groups in total. The smallest absolute Gasteiger partial charge is 0.242 e. The van der Waals surface area contributed by atoms with E-state index in [4.69, 9.17) is 23.2 Å². The van der Waals surface area contributed by atoms with Crippen LogP contribution in [0.5, 0.6) is 0 Å². The number of nitrogens with zero attached hydrogens (tertiary/aromatic N) is 1. The molecule has 1 unspecified atom stereocenters. The lowest BCUT2D eigenvalue weighted by molar-refractivity contribution is -0.141. The topological polar surface area (TPSA) is 49.4 Å². The van der Waals surface area contributed by atoms with Crippen molar-refractivity contribution in [1.29, 1.82) is 0 Å². The predicted molar refractivity (Wildman–Crippen MR) is 94.7 cm³/mol. The number of carbonyl (C=O) groups excluding carboxylic acids is 2. The van der Waals surface area contributed by atoms with E-state index in [1.54, 1.807) is 36.9 Å². The van der Waals surface area contributed by atoms with Crippen molar-refractivity contribution >= 4 is 35.0 Å². The Labute approximate surface area is 148 Å². The maximum absolute atomic E-state index is 12.4. The van der Waals surface area contributed by atoms with E-state index in [2.05, 4.69) is 5.32 Å². The van der Waals surface area contributed by atoms with Crippen LogP contribution in [-0.2, 0) is 16.1 Å². The van der Waals surface area contributed by atoms with Gasteiger partial charge in [-0.15, -0.1) is 0 Å². The standard InChI is InChI=1S/C17H24Cl2N2O2/c1-6-15(22)21(11(2)16(23)20-17(3,4)5)10-12-7-8-13(18)14(19)9-12/h7-9,11H,6,10H2,1-5H3,(H,20,23). The molecule has 0 bridgehead atoms. The van der Waals surface area contributed by atoms with Crippen molar-refractivity contribution in [2.24, 2.45) is 0 Å². The summed E-state index contributed by atoms with van der Waals surface area (Å²) in [6.45, 7) is 9.53. The first-order valence-electron chi connectivity index (χ1n) is 7.60. The molecule has 0 saturated heterocycles. The number of nitrogens with one attached hydrogen (secondary N) is 1. The zero-order valence-corrected chi connectivity index (χ0v) is 15.8. The molecule has 0 aliphatic rings. The summed E-state index contributed by atoms with van der Waals surface area (Å²) in [7, 11) is 0. The normalized spacial score (nSPS) is 12.7. The van der Waals surface area contributed by atoms with E-state index in [0.29, 0.717) is 23.0 Å². The van der Waals surface area contributed by atoms with Gasteiger partial charge in [0.1, 0.15) is 6.04 Å². The molecule has 4 nitrogen and oxygen atoms in total. The minimum absolute atomic E-state index is 0.0902. The molecule has 0 fully saturated rings. The van der Waals surface area contributed by atoms with Crippen molar-refractivity contribution in [3.8, 4) is 0 Å². The van der Waals surface area contributed by atoms with E-state index in [1.165, 1.54) is 0 Å². The molecule has 0 saturated carbocycles. The fraction of sp³-hybridized carbons (Fsp3) is 0.529. The Kier molecular flexibility index (Phi) is 6.90. The van der Waals surface area contributed by atoms with Crippen molar-refractivity contribution in [2.75, 3.05) is 0 Å². The molecule has 2 amide bonds. The summed E-state index contributed by atoms with van der Waals surface area (Å²) in [5, 5.41) is 3.80. The van der Waals surface area contributed by atoms with Gasteiger partial charge in [0, 0.05) is 18.5 Å². The van der Waals surface area contributed by atoms with Crippen LogP contribution < -0.4 is 5.32 Å². The van der Waals surface area contributed by atoms with Gasteiger partial charge in [0.25, 0.3) is 0 Å². The van der Waals surface area contributed by atoms with Crippen LogP contribution in [0.4, 0.5) is 0 Å². The molecule has 1 aromatic carbocycles. The van der Waals surface area contributed by atoms with Crippen molar-refractivity contribution in [2.45, 2.75) is 59.2 Å². The van der Waals surface area contributed by atoms with Gasteiger partial charge >= 0.3 is 0 Å². The van der Waals surface area contributed by atoms with Crippen molar-refractivity contribution in [3.05, 3.63) is 33.8 Å². The Hall–Kier alpha value is -1.26. The highest BCUT2D eigenvalue weighted by atomic mass is 35.5. The SMILES string of the molecule is CCC(=O)N(Cc1ccc(Cl)c(Cl)c1)C(C)C(=O)NC(C)(C)C. The summed E-state index contributed by atoms with van der Waals surface area (Å²) >= 11 is 11.9. The summed E-state index contributed by atoms with van der Waals surface area (Å²) in [5.41, 5.74) is 0.479. The summed E-state index contributed by atoms with van der Waals surface area (Å²) in [6.07, 6.45) is 0.328. The number of rotatable bonds is 5. The Morgan fingerprint density at radius 2 is 1.83 bits per heavy atom. The molecule has 0 radical (unpaired) electrons.